The molecule has 126 valence electrons. The fraction of sp³-hybridized carbons (Fsp3) is 0.450. The molecule has 0 aliphatic carbocycles. The highest BCUT2D eigenvalue weighted by molar-refractivity contribution is 7.17. The van der Waals surface area contributed by atoms with Crippen molar-refractivity contribution < 1.29 is 4.79 Å². The minimum Gasteiger partial charge on any atom is -0.347 e. The van der Waals surface area contributed by atoms with Crippen LogP contribution in [-0.4, -0.2) is 36.0 Å². The van der Waals surface area contributed by atoms with Crippen molar-refractivity contribution in [2.45, 2.75) is 38.8 Å². The number of piperidine rings is 3. The first-order chi connectivity index (χ1) is 11.6. The number of nitrogens with one attached hydrogen (secondary N) is 1. The second-order valence-electron chi connectivity index (χ2n) is 7.14. The van der Waals surface area contributed by atoms with Gasteiger partial charge in [-0.25, -0.2) is 0 Å². The van der Waals surface area contributed by atoms with Gasteiger partial charge in [0.2, 0.25) is 0 Å². The maximum atomic E-state index is 12.7. The summed E-state index contributed by atoms with van der Waals surface area (Å²) in [6.45, 7) is 6.72. The Balaban J connectivity index is 1.48. The van der Waals surface area contributed by atoms with Gasteiger partial charge < -0.3 is 5.32 Å². The molecule has 1 amide bonds. The summed E-state index contributed by atoms with van der Waals surface area (Å²) in [4.78, 5) is 17.2. The summed E-state index contributed by atoms with van der Waals surface area (Å²) in [5, 5.41) is 3.32. The lowest BCUT2D eigenvalue weighted by Crippen LogP contribution is -2.62. The third-order valence-corrected chi connectivity index (χ3v) is 6.77. The van der Waals surface area contributed by atoms with Crippen LogP contribution in [0.1, 0.15) is 35.0 Å². The van der Waals surface area contributed by atoms with E-state index in [-0.39, 0.29) is 5.91 Å². The van der Waals surface area contributed by atoms with Gasteiger partial charge in [0.15, 0.2) is 0 Å². The van der Waals surface area contributed by atoms with Crippen molar-refractivity contribution >= 4 is 17.2 Å². The number of hydrogen-bond donors (Lipinski definition) is 1. The third-order valence-electron chi connectivity index (χ3n) is 5.64. The van der Waals surface area contributed by atoms with Gasteiger partial charge in [0.05, 0.1) is 4.88 Å². The summed E-state index contributed by atoms with van der Waals surface area (Å²) < 4.78 is 0. The van der Waals surface area contributed by atoms with E-state index in [0.717, 1.165) is 9.75 Å². The number of fused-ring (bicyclic) bond motifs is 3. The zero-order chi connectivity index (χ0) is 16.7. The largest absolute Gasteiger partial charge is 0.347 e. The summed E-state index contributed by atoms with van der Waals surface area (Å²) in [7, 11) is 0. The van der Waals surface area contributed by atoms with Crippen LogP contribution < -0.4 is 5.32 Å². The minimum atomic E-state index is 0.0870. The molecular weight excluding hydrogens is 316 g/mol. The average Bonchev–Trinajstić information content (AvgIpc) is 3.09. The van der Waals surface area contributed by atoms with Crippen LogP contribution in [0.4, 0.5) is 0 Å². The summed E-state index contributed by atoms with van der Waals surface area (Å²) in [6.07, 6.45) is 2.43. The van der Waals surface area contributed by atoms with Crippen LogP contribution in [0, 0.1) is 12.8 Å². The Hall–Kier alpha value is -1.65. The van der Waals surface area contributed by atoms with Crippen LogP contribution in [0.25, 0.3) is 10.4 Å². The third kappa shape index (κ3) is 2.89. The summed E-state index contributed by atoms with van der Waals surface area (Å²) in [6, 6.07) is 13.2. The number of carbonyl (C=O) groups excluding carboxylic acids is 1. The quantitative estimate of drug-likeness (QED) is 0.918. The highest BCUT2D eigenvalue weighted by Crippen LogP contribution is 2.33. The normalized spacial score (nSPS) is 28.8. The Morgan fingerprint density at radius 2 is 1.83 bits per heavy atom. The van der Waals surface area contributed by atoms with Gasteiger partial charge in [-0.1, -0.05) is 29.8 Å². The number of benzene rings is 1. The maximum absolute atomic E-state index is 12.7. The minimum absolute atomic E-state index is 0.0870. The van der Waals surface area contributed by atoms with E-state index in [1.807, 2.05) is 6.07 Å². The van der Waals surface area contributed by atoms with Gasteiger partial charge in [-0.05, 0) is 63.4 Å². The lowest BCUT2D eigenvalue weighted by molar-refractivity contribution is 0.0218. The molecule has 1 aromatic carbocycles. The Morgan fingerprint density at radius 3 is 2.50 bits per heavy atom. The van der Waals surface area contributed by atoms with E-state index in [4.69, 9.17) is 0 Å². The van der Waals surface area contributed by atoms with Crippen molar-refractivity contribution in [1.82, 2.24) is 10.2 Å². The molecule has 5 rings (SSSR count). The molecule has 2 unspecified atom stereocenters. The second-order valence-corrected chi connectivity index (χ2v) is 8.23. The number of carbonyl (C=O) groups is 1. The predicted octanol–water partition coefficient (Wildman–Crippen LogP) is 3.94. The molecule has 3 aliphatic rings. The molecule has 4 heterocycles. The van der Waals surface area contributed by atoms with E-state index < -0.39 is 0 Å². The number of rotatable bonds is 3. The SMILES string of the molecule is Cc1ccc(-c2ccc(C(=O)NC3C4CCN(CC4)C3C)s2)cc1. The van der Waals surface area contributed by atoms with Gasteiger partial charge in [-0.2, -0.15) is 0 Å². The molecule has 1 N–H and O–H groups in total. The fourth-order valence-electron chi connectivity index (χ4n) is 4.10. The molecule has 24 heavy (non-hydrogen) atoms. The number of hydrogen-bond acceptors (Lipinski definition) is 3. The molecule has 3 aliphatic heterocycles. The molecule has 3 fully saturated rings. The lowest BCUT2D eigenvalue weighted by Gasteiger charge is -2.49. The van der Waals surface area contributed by atoms with Gasteiger partial charge in [0.1, 0.15) is 0 Å². The van der Waals surface area contributed by atoms with Crippen LogP contribution in [0.15, 0.2) is 36.4 Å². The van der Waals surface area contributed by atoms with Gasteiger partial charge in [-0.3, -0.25) is 9.69 Å². The summed E-state index contributed by atoms with van der Waals surface area (Å²) in [5.41, 5.74) is 2.44. The summed E-state index contributed by atoms with van der Waals surface area (Å²) >= 11 is 1.58. The predicted molar refractivity (Wildman–Crippen MR) is 99.5 cm³/mol. The van der Waals surface area contributed by atoms with Gasteiger partial charge in [0.25, 0.3) is 5.91 Å². The van der Waals surface area contributed by atoms with Gasteiger partial charge >= 0.3 is 0 Å². The van der Waals surface area contributed by atoms with Crippen molar-refractivity contribution in [2.75, 3.05) is 13.1 Å². The van der Waals surface area contributed by atoms with Crippen LogP contribution in [0.3, 0.4) is 0 Å². The van der Waals surface area contributed by atoms with E-state index in [0.29, 0.717) is 18.0 Å². The van der Waals surface area contributed by atoms with E-state index in [9.17, 15) is 4.79 Å². The maximum Gasteiger partial charge on any atom is 0.261 e. The van der Waals surface area contributed by atoms with Crippen molar-refractivity contribution in [3.05, 3.63) is 46.8 Å². The number of nitrogens with zero attached hydrogens (tertiary/aromatic N) is 1. The van der Waals surface area contributed by atoms with Crippen LogP contribution >= 0.6 is 11.3 Å². The fourth-order valence-corrected chi connectivity index (χ4v) is 5.02. The average molecular weight is 340 g/mol. The molecule has 4 heteroatoms. The Morgan fingerprint density at radius 1 is 1.12 bits per heavy atom. The topological polar surface area (TPSA) is 32.3 Å². The second kappa shape index (κ2) is 6.34. The van der Waals surface area contributed by atoms with Crippen molar-refractivity contribution in [3.8, 4) is 10.4 Å². The first-order valence-corrected chi connectivity index (χ1v) is 9.65. The zero-order valence-corrected chi connectivity index (χ0v) is 15.1. The van der Waals surface area contributed by atoms with E-state index in [1.165, 1.54) is 37.1 Å². The van der Waals surface area contributed by atoms with Crippen LogP contribution in [-0.2, 0) is 0 Å². The van der Waals surface area contributed by atoms with Crippen molar-refractivity contribution in [1.29, 1.82) is 0 Å². The van der Waals surface area contributed by atoms with Crippen molar-refractivity contribution in [3.63, 3.8) is 0 Å². The van der Waals surface area contributed by atoms with Crippen molar-refractivity contribution in [2.24, 2.45) is 5.92 Å². The molecule has 2 atom stereocenters. The first kappa shape index (κ1) is 15.9. The first-order valence-electron chi connectivity index (χ1n) is 8.83. The summed E-state index contributed by atoms with van der Waals surface area (Å²) in [5.74, 6) is 0.731. The molecule has 2 bridgehead atoms. The van der Waals surface area contributed by atoms with Gasteiger partial charge in [-0.15, -0.1) is 11.3 Å². The smallest absolute Gasteiger partial charge is 0.261 e. The number of thiophene rings is 1. The standard InChI is InChI=1S/C20H24N2OS/c1-13-3-5-15(6-4-13)17-7-8-18(24-17)20(23)21-19-14(2)22-11-9-16(19)10-12-22/h3-8,14,16,19H,9-12H2,1-2H3,(H,21,23). The molecule has 0 saturated carbocycles. The lowest BCUT2D eigenvalue weighted by atomic mass is 9.79. The number of amides is 1. The Bertz CT molecular complexity index is 726. The molecular formula is C20H24N2OS. The van der Waals surface area contributed by atoms with Crippen LogP contribution in [0.5, 0.6) is 0 Å². The number of aryl methyl sites for hydroxylation is 1. The molecule has 0 radical (unpaired) electrons. The highest BCUT2D eigenvalue weighted by Gasteiger charge is 2.40. The Kier molecular flexibility index (Phi) is 4.19. The van der Waals surface area contributed by atoms with E-state index in [1.54, 1.807) is 11.3 Å². The van der Waals surface area contributed by atoms with E-state index in [2.05, 4.69) is 54.4 Å². The highest BCUT2D eigenvalue weighted by atomic mass is 32.1. The molecule has 3 saturated heterocycles. The molecule has 3 nitrogen and oxygen atoms in total. The Labute approximate surface area is 147 Å². The van der Waals surface area contributed by atoms with Crippen LogP contribution in [0.2, 0.25) is 0 Å². The molecule has 0 spiro atoms. The zero-order valence-electron chi connectivity index (χ0n) is 14.3. The molecule has 2 aromatic rings. The van der Waals surface area contributed by atoms with E-state index >= 15 is 0 Å². The van der Waals surface area contributed by atoms with Gasteiger partial charge in [0, 0.05) is 17.0 Å². The monoisotopic (exact) mass is 340 g/mol. The molecule has 1 aromatic heterocycles.